The van der Waals surface area contributed by atoms with Crippen molar-refractivity contribution >= 4 is 5.97 Å². The lowest BCUT2D eigenvalue weighted by Gasteiger charge is -2.00. The van der Waals surface area contributed by atoms with E-state index in [2.05, 4.69) is 10.1 Å². The number of benzene rings is 1. The first-order valence-electron chi connectivity index (χ1n) is 4.23. The molecule has 0 saturated carbocycles. The monoisotopic (exact) mass is 177 g/mol. The predicted molar refractivity (Wildman–Crippen MR) is 48.5 cm³/mol. The summed E-state index contributed by atoms with van der Waals surface area (Å²) in [5, 5.41) is 3.20. The minimum Gasteiger partial charge on any atom is -0.465 e. The number of esters is 1. The molecule has 0 spiro atoms. The lowest BCUT2D eigenvalue weighted by Crippen LogP contribution is -2.00. The van der Waals surface area contributed by atoms with E-state index >= 15 is 0 Å². The summed E-state index contributed by atoms with van der Waals surface area (Å²) in [6.45, 7) is 1.04. The molecular weight excluding hydrogens is 166 g/mol. The van der Waals surface area contributed by atoms with Crippen molar-refractivity contribution in [2.45, 2.75) is 6.04 Å². The van der Waals surface area contributed by atoms with Gasteiger partial charge in [-0.3, -0.25) is 0 Å². The van der Waals surface area contributed by atoms with Crippen molar-refractivity contribution in [1.29, 1.82) is 0 Å². The van der Waals surface area contributed by atoms with Crippen molar-refractivity contribution in [3.8, 4) is 0 Å². The first kappa shape index (κ1) is 8.26. The molecule has 1 aliphatic rings. The fraction of sp³-hybridized carbons (Fsp3) is 0.300. The number of nitrogens with one attached hydrogen (secondary N) is 1. The van der Waals surface area contributed by atoms with Gasteiger partial charge in [0.2, 0.25) is 0 Å². The molecule has 13 heavy (non-hydrogen) atoms. The van der Waals surface area contributed by atoms with Crippen LogP contribution in [0.4, 0.5) is 0 Å². The van der Waals surface area contributed by atoms with E-state index in [9.17, 15) is 4.79 Å². The van der Waals surface area contributed by atoms with E-state index in [-0.39, 0.29) is 5.97 Å². The molecule has 68 valence electrons. The normalized spacial score (nSPS) is 19.6. The van der Waals surface area contributed by atoms with Gasteiger partial charge in [-0.05, 0) is 17.7 Å². The van der Waals surface area contributed by atoms with Crippen LogP contribution >= 0.6 is 0 Å². The minimum atomic E-state index is -0.282. The summed E-state index contributed by atoms with van der Waals surface area (Å²) in [5.74, 6) is -0.282. The van der Waals surface area contributed by atoms with Crippen molar-refractivity contribution in [3.05, 3.63) is 35.4 Å². The maximum Gasteiger partial charge on any atom is 0.337 e. The second kappa shape index (κ2) is 3.18. The van der Waals surface area contributed by atoms with E-state index in [0.717, 1.165) is 6.54 Å². The molecule has 1 atom stereocenters. The number of rotatable bonds is 2. The number of methoxy groups -OCH3 is 1. The highest BCUT2D eigenvalue weighted by Gasteiger charge is 2.21. The van der Waals surface area contributed by atoms with Gasteiger partial charge >= 0.3 is 5.97 Å². The molecule has 1 saturated heterocycles. The molecule has 0 unspecified atom stereocenters. The van der Waals surface area contributed by atoms with Gasteiger partial charge in [-0.25, -0.2) is 4.79 Å². The Hall–Kier alpha value is -1.35. The number of carbonyl (C=O) groups excluding carboxylic acids is 1. The van der Waals surface area contributed by atoms with E-state index in [0.29, 0.717) is 11.6 Å². The summed E-state index contributed by atoms with van der Waals surface area (Å²) < 4.78 is 4.60. The van der Waals surface area contributed by atoms with Gasteiger partial charge in [-0.15, -0.1) is 0 Å². The summed E-state index contributed by atoms with van der Waals surface area (Å²) >= 11 is 0. The Morgan fingerprint density at radius 3 is 2.54 bits per heavy atom. The Labute approximate surface area is 76.7 Å². The molecule has 3 heteroatoms. The maximum absolute atomic E-state index is 11.1. The number of carbonyl (C=O) groups is 1. The summed E-state index contributed by atoms with van der Waals surface area (Å²) in [5.41, 5.74) is 1.83. The van der Waals surface area contributed by atoms with Crippen molar-refractivity contribution in [2.24, 2.45) is 0 Å². The Kier molecular flexibility index (Phi) is 2.02. The highest BCUT2D eigenvalue weighted by atomic mass is 16.5. The molecule has 1 aromatic rings. The first-order valence-corrected chi connectivity index (χ1v) is 4.23. The molecule has 0 aromatic heterocycles. The van der Waals surface area contributed by atoms with Crippen LogP contribution in [0, 0.1) is 0 Å². The summed E-state index contributed by atoms with van der Waals surface area (Å²) in [6.07, 6.45) is 0. The third kappa shape index (κ3) is 1.70. The van der Waals surface area contributed by atoms with E-state index in [1.165, 1.54) is 12.7 Å². The van der Waals surface area contributed by atoms with Gasteiger partial charge in [-0.1, -0.05) is 12.1 Å². The molecule has 1 heterocycles. The average Bonchev–Trinajstić information content (AvgIpc) is 3.00. The Balaban J connectivity index is 2.17. The van der Waals surface area contributed by atoms with Gasteiger partial charge in [-0.2, -0.15) is 0 Å². The zero-order valence-corrected chi connectivity index (χ0v) is 7.41. The zero-order chi connectivity index (χ0) is 9.26. The van der Waals surface area contributed by atoms with Crippen LogP contribution < -0.4 is 5.32 Å². The van der Waals surface area contributed by atoms with Crippen molar-refractivity contribution in [2.75, 3.05) is 13.7 Å². The molecule has 1 fully saturated rings. The van der Waals surface area contributed by atoms with Gasteiger partial charge in [0.05, 0.1) is 12.7 Å². The Morgan fingerprint density at radius 1 is 1.46 bits per heavy atom. The third-order valence-corrected chi connectivity index (χ3v) is 2.14. The largest absolute Gasteiger partial charge is 0.465 e. The van der Waals surface area contributed by atoms with E-state index in [1.54, 1.807) is 12.1 Å². The quantitative estimate of drug-likeness (QED) is 0.544. The standard InChI is InChI=1S/C10H11NO2/c1-13-10(12)8-4-2-7(3-5-8)9-6-11-9/h2-5,9,11H,6H2,1H3/t9-/m1/s1. The van der Waals surface area contributed by atoms with Crippen LogP contribution in [0.1, 0.15) is 22.0 Å². The Bertz CT molecular complexity index is 314. The summed E-state index contributed by atoms with van der Waals surface area (Å²) in [7, 11) is 1.39. The molecule has 1 aromatic carbocycles. The van der Waals surface area contributed by atoms with Gasteiger partial charge in [0, 0.05) is 12.6 Å². The van der Waals surface area contributed by atoms with Crippen LogP contribution in [0.2, 0.25) is 0 Å². The SMILES string of the molecule is COC(=O)c1ccc([C@H]2CN2)cc1. The lowest BCUT2D eigenvalue weighted by atomic mass is 10.1. The second-order valence-electron chi connectivity index (χ2n) is 3.07. The van der Waals surface area contributed by atoms with Gasteiger partial charge in [0.1, 0.15) is 0 Å². The number of hydrogen-bond acceptors (Lipinski definition) is 3. The molecule has 0 amide bonds. The topological polar surface area (TPSA) is 48.2 Å². The lowest BCUT2D eigenvalue weighted by molar-refractivity contribution is 0.0600. The molecule has 0 radical (unpaired) electrons. The maximum atomic E-state index is 11.1. The van der Waals surface area contributed by atoms with Gasteiger partial charge in [0.15, 0.2) is 0 Å². The van der Waals surface area contributed by atoms with E-state index in [4.69, 9.17) is 0 Å². The van der Waals surface area contributed by atoms with Crippen LogP contribution in [0.5, 0.6) is 0 Å². The zero-order valence-electron chi connectivity index (χ0n) is 7.41. The average molecular weight is 177 g/mol. The van der Waals surface area contributed by atoms with Gasteiger partial charge < -0.3 is 10.1 Å². The van der Waals surface area contributed by atoms with Crippen molar-refractivity contribution in [3.63, 3.8) is 0 Å². The van der Waals surface area contributed by atoms with Gasteiger partial charge in [0.25, 0.3) is 0 Å². The van der Waals surface area contributed by atoms with Crippen molar-refractivity contribution in [1.82, 2.24) is 5.32 Å². The van der Waals surface area contributed by atoms with Crippen LogP contribution in [0.25, 0.3) is 0 Å². The van der Waals surface area contributed by atoms with E-state index in [1.807, 2.05) is 12.1 Å². The molecule has 0 aliphatic carbocycles. The first-order chi connectivity index (χ1) is 6.31. The molecule has 2 rings (SSSR count). The fourth-order valence-corrected chi connectivity index (χ4v) is 1.26. The highest BCUT2D eigenvalue weighted by molar-refractivity contribution is 5.89. The van der Waals surface area contributed by atoms with Crippen LogP contribution in [-0.4, -0.2) is 19.6 Å². The highest BCUT2D eigenvalue weighted by Crippen LogP contribution is 2.21. The van der Waals surface area contributed by atoms with Crippen LogP contribution in [0.15, 0.2) is 24.3 Å². The Morgan fingerprint density at radius 2 is 2.08 bits per heavy atom. The van der Waals surface area contributed by atoms with E-state index < -0.39 is 0 Å². The summed E-state index contributed by atoms with van der Waals surface area (Å²) in [6, 6.07) is 7.99. The minimum absolute atomic E-state index is 0.282. The smallest absolute Gasteiger partial charge is 0.337 e. The van der Waals surface area contributed by atoms with Crippen LogP contribution in [0.3, 0.4) is 0 Å². The predicted octanol–water partition coefficient (Wildman–Crippen LogP) is 1.12. The van der Waals surface area contributed by atoms with Crippen molar-refractivity contribution < 1.29 is 9.53 Å². The third-order valence-electron chi connectivity index (χ3n) is 2.14. The second-order valence-corrected chi connectivity index (χ2v) is 3.07. The molecule has 1 N–H and O–H groups in total. The number of ether oxygens (including phenoxy) is 1. The molecule has 0 bridgehead atoms. The fourth-order valence-electron chi connectivity index (χ4n) is 1.26. The van der Waals surface area contributed by atoms with Crippen LogP contribution in [-0.2, 0) is 4.74 Å². The molecular formula is C10H11NO2. The molecule has 1 aliphatic heterocycles. The number of hydrogen-bond donors (Lipinski definition) is 1. The molecule has 3 nitrogen and oxygen atoms in total. The summed E-state index contributed by atoms with van der Waals surface area (Å²) in [4.78, 5) is 11.1.